The molecule has 28 heavy (non-hydrogen) atoms. The standard InChI is InChI=1S/C17H19ClN6OS3/c1-27-16-20-24(17(26)28-16)11-23-8-6-22(7-9-23)10-14-19-15(21-25-14)12-2-4-13(18)5-3-12/h2-5H,6-11H2,1H3. The smallest absolute Gasteiger partial charge is 0.241 e. The minimum absolute atomic E-state index is 0.591. The molecular formula is C17H19ClN6OS3. The van der Waals surface area contributed by atoms with Crippen LogP contribution in [0.4, 0.5) is 0 Å². The van der Waals surface area contributed by atoms with Crippen LogP contribution < -0.4 is 0 Å². The summed E-state index contributed by atoms with van der Waals surface area (Å²) in [5.74, 6) is 1.22. The molecule has 0 atom stereocenters. The largest absolute Gasteiger partial charge is 0.338 e. The Balaban J connectivity index is 1.30. The Morgan fingerprint density at radius 3 is 2.57 bits per heavy atom. The zero-order chi connectivity index (χ0) is 19.5. The van der Waals surface area contributed by atoms with Crippen molar-refractivity contribution in [2.45, 2.75) is 17.6 Å². The van der Waals surface area contributed by atoms with Gasteiger partial charge < -0.3 is 4.52 Å². The van der Waals surface area contributed by atoms with Crippen molar-refractivity contribution in [2.75, 3.05) is 32.4 Å². The molecule has 1 aliphatic rings. The molecule has 1 aliphatic heterocycles. The maximum absolute atomic E-state index is 5.93. The fourth-order valence-corrected chi connectivity index (χ4v) is 4.83. The zero-order valence-electron chi connectivity index (χ0n) is 15.2. The number of aromatic nitrogens is 4. The van der Waals surface area contributed by atoms with Gasteiger partial charge in [0.2, 0.25) is 11.7 Å². The molecule has 0 unspecified atom stereocenters. The average Bonchev–Trinajstić information content (AvgIpc) is 3.31. The van der Waals surface area contributed by atoms with Crippen LogP contribution in [0.25, 0.3) is 11.4 Å². The zero-order valence-corrected chi connectivity index (χ0v) is 18.5. The molecule has 0 saturated carbocycles. The monoisotopic (exact) mass is 454 g/mol. The van der Waals surface area contributed by atoms with E-state index in [-0.39, 0.29) is 0 Å². The average molecular weight is 455 g/mol. The van der Waals surface area contributed by atoms with Gasteiger partial charge in [0.05, 0.1) is 13.2 Å². The molecular weight excluding hydrogens is 436 g/mol. The second-order valence-corrected chi connectivity index (χ2v) is 9.50. The number of benzene rings is 1. The van der Waals surface area contributed by atoms with Gasteiger partial charge >= 0.3 is 0 Å². The van der Waals surface area contributed by atoms with E-state index in [9.17, 15) is 0 Å². The molecule has 2 aromatic heterocycles. The van der Waals surface area contributed by atoms with E-state index >= 15 is 0 Å². The third-order valence-corrected chi connectivity index (χ3v) is 7.03. The van der Waals surface area contributed by atoms with Gasteiger partial charge in [-0.15, -0.1) is 0 Å². The van der Waals surface area contributed by atoms with E-state index in [0.29, 0.717) is 23.3 Å². The highest BCUT2D eigenvalue weighted by atomic mass is 35.5. The van der Waals surface area contributed by atoms with E-state index in [2.05, 4.69) is 25.0 Å². The lowest BCUT2D eigenvalue weighted by atomic mass is 10.2. The molecule has 0 spiro atoms. The van der Waals surface area contributed by atoms with E-state index in [1.54, 1.807) is 23.1 Å². The van der Waals surface area contributed by atoms with E-state index in [0.717, 1.165) is 46.7 Å². The summed E-state index contributed by atoms with van der Waals surface area (Å²) in [7, 11) is 0. The molecule has 0 bridgehead atoms. The highest BCUT2D eigenvalue weighted by Crippen LogP contribution is 2.21. The first-order valence-corrected chi connectivity index (χ1v) is 11.6. The molecule has 1 fully saturated rings. The van der Waals surface area contributed by atoms with Gasteiger partial charge in [0.1, 0.15) is 0 Å². The van der Waals surface area contributed by atoms with Crippen molar-refractivity contribution in [3.8, 4) is 11.4 Å². The number of nitrogens with zero attached hydrogens (tertiary/aromatic N) is 6. The van der Waals surface area contributed by atoms with Gasteiger partial charge in [0.15, 0.2) is 8.29 Å². The Morgan fingerprint density at radius 2 is 1.89 bits per heavy atom. The molecule has 1 saturated heterocycles. The minimum Gasteiger partial charge on any atom is -0.338 e. The highest BCUT2D eigenvalue weighted by Gasteiger charge is 2.20. The molecule has 1 aromatic carbocycles. The van der Waals surface area contributed by atoms with Gasteiger partial charge in [-0.3, -0.25) is 9.80 Å². The fourth-order valence-electron chi connectivity index (χ4n) is 2.96. The summed E-state index contributed by atoms with van der Waals surface area (Å²) in [5.41, 5.74) is 0.897. The number of hydrogen-bond acceptors (Lipinski definition) is 9. The lowest BCUT2D eigenvalue weighted by molar-refractivity contribution is 0.0907. The predicted octanol–water partition coefficient (Wildman–Crippen LogP) is 3.87. The first kappa shape index (κ1) is 20.0. The topological polar surface area (TPSA) is 63.2 Å². The van der Waals surface area contributed by atoms with Crippen molar-refractivity contribution in [2.24, 2.45) is 0 Å². The van der Waals surface area contributed by atoms with Crippen LogP contribution in [0.15, 0.2) is 33.1 Å². The van der Waals surface area contributed by atoms with E-state index < -0.39 is 0 Å². The molecule has 3 aromatic rings. The lowest BCUT2D eigenvalue weighted by Gasteiger charge is -2.33. The molecule has 148 valence electrons. The molecule has 11 heteroatoms. The number of rotatable bonds is 6. The molecule has 3 heterocycles. The van der Waals surface area contributed by atoms with Gasteiger partial charge in [0.25, 0.3) is 0 Å². The van der Waals surface area contributed by atoms with Gasteiger partial charge in [-0.1, -0.05) is 39.9 Å². The Labute approximate surface area is 181 Å². The van der Waals surface area contributed by atoms with Gasteiger partial charge in [0, 0.05) is 36.8 Å². The molecule has 0 aliphatic carbocycles. The third kappa shape index (κ3) is 4.81. The quantitative estimate of drug-likeness (QED) is 0.410. The van der Waals surface area contributed by atoms with Gasteiger partial charge in [-0.25, -0.2) is 4.68 Å². The first-order chi connectivity index (χ1) is 13.6. The van der Waals surface area contributed by atoms with Crippen molar-refractivity contribution in [1.82, 2.24) is 29.7 Å². The Bertz CT molecular complexity index is 977. The third-order valence-electron chi connectivity index (χ3n) is 4.49. The summed E-state index contributed by atoms with van der Waals surface area (Å²) >= 11 is 14.5. The summed E-state index contributed by atoms with van der Waals surface area (Å²) in [6, 6.07) is 7.43. The van der Waals surface area contributed by atoms with Crippen LogP contribution in [-0.2, 0) is 13.2 Å². The second kappa shape index (κ2) is 9.02. The van der Waals surface area contributed by atoms with Crippen LogP contribution in [0.5, 0.6) is 0 Å². The molecule has 0 N–H and O–H groups in total. The molecule has 0 amide bonds. The van der Waals surface area contributed by atoms with Crippen LogP contribution in [0.3, 0.4) is 0 Å². The van der Waals surface area contributed by atoms with Crippen LogP contribution in [0, 0.1) is 3.95 Å². The summed E-state index contributed by atoms with van der Waals surface area (Å²) < 4.78 is 9.18. The van der Waals surface area contributed by atoms with E-state index in [1.165, 1.54) is 0 Å². The second-order valence-electron chi connectivity index (χ2n) is 6.39. The van der Waals surface area contributed by atoms with Crippen LogP contribution in [-0.4, -0.2) is 62.2 Å². The summed E-state index contributed by atoms with van der Waals surface area (Å²) in [6.07, 6.45) is 2.02. The Kier molecular flexibility index (Phi) is 6.44. The van der Waals surface area contributed by atoms with Crippen molar-refractivity contribution >= 4 is 46.9 Å². The van der Waals surface area contributed by atoms with Crippen LogP contribution in [0.1, 0.15) is 5.89 Å². The van der Waals surface area contributed by atoms with E-state index in [1.807, 2.05) is 35.2 Å². The van der Waals surface area contributed by atoms with Gasteiger partial charge in [-0.05, 0) is 42.7 Å². The maximum atomic E-state index is 5.93. The minimum atomic E-state index is 0.591. The Morgan fingerprint density at radius 1 is 1.18 bits per heavy atom. The summed E-state index contributed by atoms with van der Waals surface area (Å²) in [5, 5.41) is 9.31. The Hall–Kier alpha value is -1.30. The van der Waals surface area contributed by atoms with E-state index in [4.69, 9.17) is 28.3 Å². The molecule has 7 nitrogen and oxygen atoms in total. The predicted molar refractivity (Wildman–Crippen MR) is 114 cm³/mol. The number of hydrogen-bond donors (Lipinski definition) is 0. The van der Waals surface area contributed by atoms with Gasteiger partial charge in [-0.2, -0.15) is 10.1 Å². The number of piperazine rings is 1. The maximum Gasteiger partial charge on any atom is 0.241 e. The number of thioether (sulfide) groups is 1. The molecule has 0 radical (unpaired) electrons. The van der Waals surface area contributed by atoms with Crippen molar-refractivity contribution in [3.63, 3.8) is 0 Å². The first-order valence-electron chi connectivity index (χ1n) is 8.76. The highest BCUT2D eigenvalue weighted by molar-refractivity contribution is 8.00. The molecule has 4 rings (SSSR count). The van der Waals surface area contributed by atoms with Crippen LogP contribution in [0.2, 0.25) is 5.02 Å². The number of halogens is 1. The van der Waals surface area contributed by atoms with Crippen molar-refractivity contribution in [1.29, 1.82) is 0 Å². The normalized spacial score (nSPS) is 15.9. The fraction of sp³-hybridized carbons (Fsp3) is 0.412. The van der Waals surface area contributed by atoms with Crippen molar-refractivity contribution in [3.05, 3.63) is 39.1 Å². The summed E-state index contributed by atoms with van der Waals surface area (Å²) in [4.78, 5) is 9.20. The lowest BCUT2D eigenvalue weighted by Crippen LogP contribution is -2.46. The van der Waals surface area contributed by atoms with Crippen molar-refractivity contribution < 1.29 is 4.52 Å². The summed E-state index contributed by atoms with van der Waals surface area (Å²) in [6.45, 7) is 5.17. The van der Waals surface area contributed by atoms with Crippen LogP contribution >= 0.6 is 46.9 Å². The SMILES string of the molecule is CSc1nn(CN2CCN(Cc3nc(-c4ccc(Cl)cc4)no3)CC2)c(=S)s1.